The maximum absolute atomic E-state index is 12.4. The zero-order valence-electron chi connectivity index (χ0n) is 33.5. The monoisotopic (exact) mass is 821 g/mol. The molecule has 1 aromatic carbocycles. The lowest BCUT2D eigenvalue weighted by Crippen LogP contribution is -2.45. The molecule has 0 bridgehead atoms. The molecule has 2 aromatic rings. The second-order valence-electron chi connectivity index (χ2n) is 14.1. The van der Waals surface area contributed by atoms with Crippen LogP contribution in [-0.2, 0) is 47.9 Å². The van der Waals surface area contributed by atoms with Gasteiger partial charge < -0.3 is 60.3 Å². The third-order valence-corrected chi connectivity index (χ3v) is 11.0. The topological polar surface area (TPSA) is 212 Å². The highest BCUT2D eigenvalue weighted by Crippen LogP contribution is 2.33. The SMILES string of the molecule is CN(C)[C@H](CNC(=O)NCCc1cn(CCOCCOCCOCCOCCOCCNC(=O)CCCC[C@@H]2SCC3NC(=O)NC32)nn1)Cc1ccc(O)cc1. The van der Waals surface area contributed by atoms with Gasteiger partial charge in [0, 0.05) is 55.7 Å². The van der Waals surface area contributed by atoms with Crippen LogP contribution in [0.2, 0.25) is 0 Å². The summed E-state index contributed by atoms with van der Waals surface area (Å²) < 4.78 is 29.5. The molecule has 18 nitrogen and oxygen atoms in total. The van der Waals surface area contributed by atoms with Gasteiger partial charge in [-0.15, -0.1) is 5.10 Å². The Hall–Kier alpha value is -3.72. The van der Waals surface area contributed by atoms with Gasteiger partial charge in [-0.05, 0) is 51.1 Å². The number of urea groups is 2. The van der Waals surface area contributed by atoms with Crippen molar-refractivity contribution in [2.75, 3.05) is 106 Å². The molecule has 0 spiro atoms. The highest BCUT2D eigenvalue weighted by molar-refractivity contribution is 8.00. The lowest BCUT2D eigenvalue weighted by molar-refractivity contribution is -0.121. The van der Waals surface area contributed by atoms with Crippen LogP contribution < -0.4 is 26.6 Å². The Balaban J connectivity index is 0.849. The van der Waals surface area contributed by atoms with Crippen LogP contribution in [0.5, 0.6) is 5.75 Å². The fraction of sp³-hybridized carbons (Fsp3) is 0.711. The number of ether oxygens (including phenoxy) is 5. The standard InChI is InChI=1S/C38H63N9O9S/c1-46(2)31(25-29-7-9-32(48)10-8-29)26-41-37(50)40-12-11-30-27-47(45-44-30)14-16-53-18-20-55-22-24-56-23-21-54-19-17-52-15-13-39-35(49)6-4-3-5-34-36-33(28-57-34)42-38(51)43-36/h7-10,27,31,33-34,36,48H,3-6,11-26,28H2,1-2H3,(H,39,49)(H2,40,41,50)(H2,42,43,51)/t31-,33?,34-,36?/m0/s1. The fourth-order valence-electron chi connectivity index (χ4n) is 6.25. The van der Waals surface area contributed by atoms with Crippen molar-refractivity contribution < 1.29 is 43.2 Å². The Morgan fingerprint density at radius 2 is 1.56 bits per heavy atom. The number of phenols is 1. The van der Waals surface area contributed by atoms with Crippen molar-refractivity contribution in [3.8, 4) is 5.75 Å². The van der Waals surface area contributed by atoms with E-state index < -0.39 is 0 Å². The summed E-state index contributed by atoms with van der Waals surface area (Å²) in [6.07, 6.45) is 6.47. The van der Waals surface area contributed by atoms with Crippen molar-refractivity contribution >= 4 is 29.7 Å². The summed E-state index contributed by atoms with van der Waals surface area (Å²) in [4.78, 5) is 38.0. The van der Waals surface area contributed by atoms with Gasteiger partial charge in [0.1, 0.15) is 5.75 Å². The van der Waals surface area contributed by atoms with Crippen molar-refractivity contribution in [2.45, 2.75) is 68.4 Å². The van der Waals surface area contributed by atoms with Crippen LogP contribution in [0.3, 0.4) is 0 Å². The molecule has 3 heterocycles. The van der Waals surface area contributed by atoms with Crippen molar-refractivity contribution in [2.24, 2.45) is 0 Å². The molecule has 6 N–H and O–H groups in total. The molecule has 2 unspecified atom stereocenters. The fourth-order valence-corrected chi connectivity index (χ4v) is 7.79. The molecule has 2 saturated heterocycles. The molecule has 2 aliphatic rings. The zero-order valence-corrected chi connectivity index (χ0v) is 34.3. The van der Waals surface area contributed by atoms with Gasteiger partial charge >= 0.3 is 12.1 Å². The number of thioether (sulfide) groups is 1. The van der Waals surface area contributed by atoms with E-state index in [0.717, 1.165) is 42.7 Å². The van der Waals surface area contributed by atoms with Crippen LogP contribution in [0.1, 0.15) is 36.9 Å². The minimum atomic E-state index is -0.235. The molecule has 5 amide bonds. The first kappa shape index (κ1) is 46.0. The van der Waals surface area contributed by atoms with Crippen LogP contribution in [0.25, 0.3) is 0 Å². The lowest BCUT2D eigenvalue weighted by Gasteiger charge is -2.25. The smallest absolute Gasteiger partial charge is 0.315 e. The van der Waals surface area contributed by atoms with E-state index in [0.29, 0.717) is 110 Å². The number of hydrogen-bond acceptors (Lipinski definition) is 13. The minimum absolute atomic E-state index is 0.0368. The zero-order chi connectivity index (χ0) is 40.5. The largest absolute Gasteiger partial charge is 0.508 e. The highest BCUT2D eigenvalue weighted by Gasteiger charge is 2.42. The predicted molar refractivity (Wildman–Crippen MR) is 215 cm³/mol. The maximum atomic E-state index is 12.4. The number of phenolic OH excluding ortho intramolecular Hbond substituents is 1. The Labute approximate surface area is 340 Å². The molecule has 0 radical (unpaired) electrons. The van der Waals surface area contributed by atoms with Gasteiger partial charge in [0.2, 0.25) is 5.91 Å². The van der Waals surface area contributed by atoms with Gasteiger partial charge in [-0.25, -0.2) is 14.3 Å². The first-order valence-corrected chi connectivity index (χ1v) is 21.0. The summed E-state index contributed by atoms with van der Waals surface area (Å²) in [7, 11) is 3.95. The predicted octanol–water partition coefficient (Wildman–Crippen LogP) is 0.923. The molecule has 57 heavy (non-hydrogen) atoms. The summed E-state index contributed by atoms with van der Waals surface area (Å²) in [6.45, 7) is 6.54. The molecule has 0 aliphatic carbocycles. The number of hydrogen-bond donors (Lipinski definition) is 6. The number of aromatic hydroxyl groups is 1. The maximum Gasteiger partial charge on any atom is 0.315 e. The van der Waals surface area contributed by atoms with Gasteiger partial charge in [0.25, 0.3) is 0 Å². The molecule has 0 saturated carbocycles. The summed E-state index contributed by atoms with van der Waals surface area (Å²) >= 11 is 1.90. The van der Waals surface area contributed by atoms with E-state index in [1.807, 2.05) is 44.2 Å². The Kier molecular flexibility index (Phi) is 21.8. The van der Waals surface area contributed by atoms with Crippen LogP contribution in [-0.4, -0.2) is 172 Å². The third kappa shape index (κ3) is 19.1. The number of unbranched alkanes of at least 4 members (excludes halogenated alkanes) is 1. The average molecular weight is 822 g/mol. The quantitative estimate of drug-likeness (QED) is 0.0463. The molecule has 2 aliphatic heterocycles. The summed E-state index contributed by atoms with van der Waals surface area (Å²) in [5.41, 5.74) is 1.87. The first-order chi connectivity index (χ1) is 27.8. The van der Waals surface area contributed by atoms with Crippen LogP contribution in [0, 0.1) is 0 Å². The molecule has 4 atom stereocenters. The number of nitrogens with zero attached hydrogens (tertiary/aromatic N) is 4. The summed E-state index contributed by atoms with van der Waals surface area (Å²) in [5.74, 6) is 1.23. The average Bonchev–Trinajstić information content (AvgIpc) is 3.91. The number of nitrogens with one attached hydrogen (secondary N) is 5. The van der Waals surface area contributed by atoms with Crippen molar-refractivity contribution in [1.82, 2.24) is 46.5 Å². The second kappa shape index (κ2) is 27.1. The van der Waals surface area contributed by atoms with Gasteiger partial charge in [0.05, 0.1) is 90.4 Å². The molecule has 320 valence electrons. The van der Waals surface area contributed by atoms with E-state index in [4.69, 9.17) is 23.7 Å². The number of benzene rings is 1. The van der Waals surface area contributed by atoms with E-state index in [9.17, 15) is 19.5 Å². The van der Waals surface area contributed by atoms with Crippen molar-refractivity contribution in [3.63, 3.8) is 0 Å². The van der Waals surface area contributed by atoms with Crippen molar-refractivity contribution in [3.05, 3.63) is 41.7 Å². The van der Waals surface area contributed by atoms with Gasteiger partial charge in [-0.1, -0.05) is 23.8 Å². The van der Waals surface area contributed by atoms with Gasteiger partial charge in [0.15, 0.2) is 0 Å². The van der Waals surface area contributed by atoms with Crippen LogP contribution >= 0.6 is 11.8 Å². The van der Waals surface area contributed by atoms with E-state index in [1.165, 1.54) is 0 Å². The highest BCUT2D eigenvalue weighted by atomic mass is 32.2. The van der Waals surface area contributed by atoms with E-state index >= 15 is 0 Å². The number of aromatic nitrogens is 3. The summed E-state index contributed by atoms with van der Waals surface area (Å²) in [6, 6.07) is 7.38. The third-order valence-electron chi connectivity index (χ3n) is 9.49. The van der Waals surface area contributed by atoms with E-state index in [2.05, 4.69) is 41.8 Å². The number of fused-ring (bicyclic) bond motifs is 1. The first-order valence-electron chi connectivity index (χ1n) is 20.0. The summed E-state index contributed by atoms with van der Waals surface area (Å²) in [5, 5.41) is 32.9. The molecule has 19 heteroatoms. The minimum Gasteiger partial charge on any atom is -0.508 e. The van der Waals surface area contributed by atoms with Crippen LogP contribution in [0.15, 0.2) is 30.5 Å². The number of carbonyl (C=O) groups excluding carboxylic acids is 3. The number of rotatable bonds is 31. The van der Waals surface area contributed by atoms with Crippen molar-refractivity contribution in [1.29, 1.82) is 0 Å². The van der Waals surface area contributed by atoms with Gasteiger partial charge in [-0.2, -0.15) is 11.8 Å². The van der Waals surface area contributed by atoms with E-state index in [1.54, 1.807) is 16.8 Å². The Morgan fingerprint density at radius 3 is 2.25 bits per heavy atom. The second-order valence-corrected chi connectivity index (χ2v) is 15.4. The number of carbonyl (C=O) groups is 3. The Morgan fingerprint density at radius 1 is 0.895 bits per heavy atom. The van der Waals surface area contributed by atoms with Gasteiger partial charge in [-0.3, -0.25) is 4.79 Å². The molecule has 1 aromatic heterocycles. The molecule has 4 rings (SSSR count). The number of likely N-dealkylation sites (N-methyl/N-ethyl adjacent to an activating group) is 1. The number of amides is 5. The van der Waals surface area contributed by atoms with Crippen LogP contribution in [0.4, 0.5) is 9.59 Å². The normalized spacial score (nSPS) is 17.9. The molecular formula is C38H63N9O9S. The molecule has 2 fully saturated rings. The van der Waals surface area contributed by atoms with E-state index in [-0.39, 0.29) is 41.8 Å². The molecular weight excluding hydrogens is 759 g/mol. The Bertz CT molecular complexity index is 1440. The lowest BCUT2D eigenvalue weighted by atomic mass is 10.0.